The van der Waals surface area contributed by atoms with Crippen molar-refractivity contribution in [2.75, 3.05) is 19.6 Å². The van der Waals surface area contributed by atoms with Crippen molar-refractivity contribution in [3.63, 3.8) is 0 Å². The number of carbonyl (C=O) groups is 6. The molecule has 28 heteroatoms. The van der Waals surface area contributed by atoms with Crippen LogP contribution in [0.2, 0.25) is 0 Å². The van der Waals surface area contributed by atoms with Crippen LogP contribution in [0.25, 0.3) is 55.2 Å². The number of nitrogens with one attached hydrogen (secondary N) is 3. The molecule has 9 rings (SSSR count). The quantitative estimate of drug-likeness (QED) is 0.0436. The van der Waals surface area contributed by atoms with Crippen molar-refractivity contribution in [1.29, 1.82) is 0 Å². The Balaban J connectivity index is 0.000000195. The first-order valence-electron chi connectivity index (χ1n) is 25.6. The molecule has 0 aliphatic rings. The minimum absolute atomic E-state index is 0.103. The number of halogens is 1. The second-order valence-corrected chi connectivity index (χ2v) is 21.1. The van der Waals surface area contributed by atoms with Crippen molar-refractivity contribution in [2.24, 2.45) is 0 Å². The van der Waals surface area contributed by atoms with Crippen molar-refractivity contribution < 1.29 is 82.0 Å². The molecule has 6 heterocycles. The third kappa shape index (κ3) is 18.2. The summed E-state index contributed by atoms with van der Waals surface area (Å²) in [6, 6.07) is 24.5. The van der Waals surface area contributed by atoms with E-state index in [1.54, 1.807) is 139 Å². The molecule has 0 saturated carbocycles. The van der Waals surface area contributed by atoms with Gasteiger partial charge in [-0.3, -0.25) is 43.7 Å². The first-order chi connectivity index (χ1) is 41.0. The van der Waals surface area contributed by atoms with Gasteiger partial charge in [-0.25, -0.2) is 14.4 Å². The number of carboxylic acids is 1. The summed E-state index contributed by atoms with van der Waals surface area (Å²) in [6.45, 7) is 8.57. The number of aromatic nitrogens is 3. The zero-order chi connectivity index (χ0) is 63.9. The lowest BCUT2D eigenvalue weighted by Gasteiger charge is -2.19. The number of pyridine rings is 3. The molecule has 0 spiro atoms. The molecular formula is C59H54BBrN6O20. The van der Waals surface area contributed by atoms with Crippen molar-refractivity contribution in [3.05, 3.63) is 181 Å². The lowest BCUT2D eigenvalue weighted by Crippen LogP contribution is -2.36. The van der Waals surface area contributed by atoms with Gasteiger partial charge in [0.2, 0.25) is 0 Å². The molecule has 3 amide bonds. The summed E-state index contributed by atoms with van der Waals surface area (Å²) in [5.74, 6) is -7.06. The molecule has 87 heavy (non-hydrogen) atoms. The number of aromatic hydroxyl groups is 3. The van der Waals surface area contributed by atoms with Crippen LogP contribution in [-0.4, -0.2) is 119 Å². The van der Waals surface area contributed by atoms with Crippen LogP contribution in [0.5, 0.6) is 17.2 Å². The molecule has 0 radical (unpaired) electrons. The predicted molar refractivity (Wildman–Crippen MR) is 317 cm³/mol. The third-order valence-corrected chi connectivity index (χ3v) is 11.8. The van der Waals surface area contributed by atoms with E-state index < -0.39 is 124 Å². The number of esters is 2. The summed E-state index contributed by atoms with van der Waals surface area (Å²) in [6.07, 6.45) is 9.51. The summed E-state index contributed by atoms with van der Waals surface area (Å²) in [7, 11) is -1.38. The van der Waals surface area contributed by atoms with Crippen LogP contribution in [0, 0.1) is 0 Å². The van der Waals surface area contributed by atoms with Gasteiger partial charge in [-0.2, -0.15) is 0 Å². The Bertz CT molecular complexity index is 4210. The topological polar surface area (TPSA) is 408 Å². The van der Waals surface area contributed by atoms with Crippen LogP contribution in [-0.2, 0) is 23.9 Å². The van der Waals surface area contributed by atoms with Crippen LogP contribution in [0.15, 0.2) is 160 Å². The first kappa shape index (κ1) is 65.6. The van der Waals surface area contributed by atoms with Crippen LogP contribution < -0.4 is 38.3 Å². The molecule has 0 saturated heterocycles. The van der Waals surface area contributed by atoms with Crippen LogP contribution in [0.3, 0.4) is 0 Å². The highest BCUT2D eigenvalue weighted by atomic mass is 79.9. The fourth-order valence-electron chi connectivity index (χ4n) is 7.59. The van der Waals surface area contributed by atoms with E-state index in [4.69, 9.17) is 37.9 Å². The Kier molecular flexibility index (Phi) is 21.7. The molecule has 0 aliphatic carbocycles. The van der Waals surface area contributed by atoms with E-state index in [0.717, 1.165) is 22.3 Å². The maximum atomic E-state index is 12.3. The van der Waals surface area contributed by atoms with Gasteiger partial charge in [-0.15, -0.1) is 0 Å². The molecular weight excluding hydrogens is 1200 g/mol. The van der Waals surface area contributed by atoms with E-state index >= 15 is 0 Å². The summed E-state index contributed by atoms with van der Waals surface area (Å²) < 4.78 is 26.2. The van der Waals surface area contributed by atoms with Crippen molar-refractivity contribution in [2.45, 2.75) is 52.7 Å². The SMILES string of the molecule is CC(C)(C)OC(=O)CNC(=O)c1c(O)c2ccc(-c3ccncc3)cc2oc1=O.CC(C)(C)OC(=O)CNC(=O)c1c(O)c2ccc(Br)cc2oc1=O.O=C(O)CNC(=O)c1c(O)c2ccc(-c3ccncc3)cc2oc1=O.OB(O)c1ccncc1. The predicted octanol–water partition coefficient (Wildman–Crippen LogP) is 5.10. The van der Waals surface area contributed by atoms with Gasteiger partial charge >= 0.3 is 41.9 Å². The first-order valence-corrected chi connectivity index (χ1v) is 26.4. The number of ether oxygens (including phenoxy) is 2. The number of benzene rings is 3. The molecule has 0 fully saturated rings. The maximum absolute atomic E-state index is 12.3. The van der Waals surface area contributed by atoms with Gasteiger partial charge < -0.3 is 69.1 Å². The number of aliphatic carboxylic acids is 1. The van der Waals surface area contributed by atoms with E-state index in [2.05, 4.69) is 41.5 Å². The molecule has 9 N–H and O–H groups in total. The van der Waals surface area contributed by atoms with Gasteiger partial charge in [-0.05, 0) is 148 Å². The monoisotopic (exact) mass is 1260 g/mol. The molecule has 6 aromatic heterocycles. The Morgan fingerprint density at radius 1 is 0.483 bits per heavy atom. The standard InChI is InChI=1S/C21H20N2O6.C17H12N2O6.C16H16BrNO6.C5H6BNO2/c1-21(2,3)29-16(24)11-23-19(26)17-18(25)14-5-4-13(10-15(14)28-20(17)27)12-6-8-22-9-7-12;20-13(21)8-19-16(23)14-15(22)11-2-1-10(7-12(11)25-17(14)24)9-3-5-18-6-4-9;1-16(2,3)24-11(19)7-18-14(21)12-13(20)9-5-4-8(17)6-10(9)23-15(12)22;8-6(9)5-1-3-7-4-2-5/h4-10,25H,11H2,1-3H3,(H,23,26);1-7,22H,8H2,(H,19,23)(H,20,21);4-6,20H,7H2,1-3H3,(H,18,21);1-4,8-9H. The number of hydrogen-bond acceptors (Lipinski definition) is 22. The van der Waals surface area contributed by atoms with Crippen LogP contribution >= 0.6 is 15.9 Å². The molecule has 9 aromatic rings. The van der Waals surface area contributed by atoms with Crippen molar-refractivity contribution in [3.8, 4) is 39.5 Å². The minimum atomic E-state index is -1.38. The smallest absolute Gasteiger partial charge is 0.488 e. The zero-order valence-corrected chi connectivity index (χ0v) is 48.5. The molecule has 0 aliphatic heterocycles. The molecule has 0 unspecified atom stereocenters. The highest BCUT2D eigenvalue weighted by Gasteiger charge is 2.26. The van der Waals surface area contributed by atoms with Crippen LogP contribution in [0.1, 0.15) is 72.6 Å². The molecule has 26 nitrogen and oxygen atoms in total. The lowest BCUT2D eigenvalue weighted by atomic mass is 9.81. The number of rotatable bonds is 12. The Labute approximate surface area is 500 Å². The summed E-state index contributed by atoms with van der Waals surface area (Å²) >= 11 is 3.22. The minimum Gasteiger partial charge on any atom is -0.506 e. The normalized spacial score (nSPS) is 10.9. The number of fused-ring (bicyclic) bond motifs is 3. The highest BCUT2D eigenvalue weighted by Crippen LogP contribution is 2.33. The Morgan fingerprint density at radius 3 is 1.13 bits per heavy atom. The number of carbonyl (C=O) groups excluding carboxylic acids is 5. The van der Waals surface area contributed by atoms with E-state index in [1.807, 2.05) is 5.32 Å². The second kappa shape index (κ2) is 28.8. The van der Waals surface area contributed by atoms with Gasteiger partial charge in [0, 0.05) is 41.7 Å². The lowest BCUT2D eigenvalue weighted by molar-refractivity contribution is -0.154. The van der Waals surface area contributed by atoms with Gasteiger partial charge in [0.05, 0.1) is 16.2 Å². The molecule has 0 atom stereocenters. The fraction of sp³-hybridized carbons (Fsp3) is 0.186. The van der Waals surface area contributed by atoms with Gasteiger partial charge in [0.15, 0.2) is 16.7 Å². The largest absolute Gasteiger partial charge is 0.506 e. The summed E-state index contributed by atoms with van der Waals surface area (Å²) in [4.78, 5) is 118. The van der Waals surface area contributed by atoms with Crippen LogP contribution in [0.4, 0.5) is 0 Å². The summed E-state index contributed by atoms with van der Waals surface area (Å²) in [5.41, 5.74) is -2.23. The van der Waals surface area contributed by atoms with Gasteiger partial charge in [0.1, 0.15) is 64.8 Å². The molecule has 450 valence electrons. The zero-order valence-electron chi connectivity index (χ0n) is 46.9. The number of amides is 3. The third-order valence-electron chi connectivity index (χ3n) is 11.3. The number of hydrogen-bond donors (Lipinski definition) is 9. The van der Waals surface area contributed by atoms with Gasteiger partial charge in [-0.1, -0.05) is 28.1 Å². The average Bonchev–Trinajstić information content (AvgIpc) is 1.25. The van der Waals surface area contributed by atoms with Crippen molar-refractivity contribution >= 4 is 97.0 Å². The van der Waals surface area contributed by atoms with E-state index in [-0.39, 0.29) is 32.9 Å². The second-order valence-electron chi connectivity index (χ2n) is 20.1. The van der Waals surface area contributed by atoms with Crippen molar-refractivity contribution in [1.82, 2.24) is 30.9 Å². The highest BCUT2D eigenvalue weighted by molar-refractivity contribution is 9.10. The Hall–Kier alpha value is -10.6. The van der Waals surface area contributed by atoms with E-state index in [0.29, 0.717) is 9.94 Å². The maximum Gasteiger partial charge on any atom is 0.488 e. The van der Waals surface area contributed by atoms with E-state index in [9.17, 15) is 58.5 Å². The summed E-state index contributed by atoms with van der Waals surface area (Å²) in [5, 5.41) is 63.7. The number of carboxylic acid groups (broad SMARTS) is 1. The van der Waals surface area contributed by atoms with Gasteiger partial charge in [0.25, 0.3) is 17.7 Å². The molecule has 0 bridgehead atoms. The average molecular weight is 1260 g/mol. The molecule has 3 aromatic carbocycles. The van der Waals surface area contributed by atoms with E-state index in [1.165, 1.54) is 30.6 Å². The number of nitrogens with zero attached hydrogens (tertiary/aromatic N) is 3. The fourth-order valence-corrected chi connectivity index (χ4v) is 7.93. The Morgan fingerprint density at radius 2 is 0.805 bits per heavy atom.